The molecule has 0 aliphatic rings. The number of anilines is 3. The Labute approximate surface area is 119 Å². The maximum atomic E-state index is 13.0. The smallest absolute Gasteiger partial charge is 0.159 e. The van der Waals surface area contributed by atoms with E-state index in [4.69, 9.17) is 5.84 Å². The minimum absolute atomic E-state index is 0.321. The number of halogens is 3. The standard InChI is InChI=1S/C10H8Br2FN5/c11-6-3-5(13)1-2-7(6)17-9-8(12)10(18-14)16-4-15-9/h1-4H,14H2,(H2,15,16,17,18). The van der Waals surface area contributed by atoms with Gasteiger partial charge in [0.2, 0.25) is 0 Å². The van der Waals surface area contributed by atoms with Gasteiger partial charge in [-0.15, -0.1) is 0 Å². The van der Waals surface area contributed by atoms with Crippen LogP contribution >= 0.6 is 31.9 Å². The summed E-state index contributed by atoms with van der Waals surface area (Å²) < 4.78 is 14.1. The number of hydrazine groups is 1. The Morgan fingerprint density at radius 2 is 1.89 bits per heavy atom. The van der Waals surface area contributed by atoms with Gasteiger partial charge in [0.1, 0.15) is 22.4 Å². The molecular formula is C10H8Br2FN5. The Morgan fingerprint density at radius 1 is 1.17 bits per heavy atom. The van der Waals surface area contributed by atoms with Gasteiger partial charge < -0.3 is 10.7 Å². The molecule has 0 atom stereocenters. The second-order valence-corrected chi connectivity index (χ2v) is 4.93. The first-order valence-electron chi connectivity index (χ1n) is 4.81. The fraction of sp³-hybridized carbons (Fsp3) is 0. The van der Waals surface area contributed by atoms with Gasteiger partial charge >= 0.3 is 0 Å². The molecular weight excluding hydrogens is 369 g/mol. The van der Waals surface area contributed by atoms with Crippen molar-refractivity contribution >= 4 is 49.2 Å². The second-order valence-electron chi connectivity index (χ2n) is 3.28. The van der Waals surface area contributed by atoms with Crippen molar-refractivity contribution in [2.45, 2.75) is 0 Å². The van der Waals surface area contributed by atoms with E-state index in [0.717, 1.165) is 0 Å². The highest BCUT2D eigenvalue weighted by atomic mass is 79.9. The van der Waals surface area contributed by atoms with Crippen molar-refractivity contribution in [3.8, 4) is 0 Å². The molecule has 1 aromatic heterocycles. The minimum atomic E-state index is -0.321. The van der Waals surface area contributed by atoms with E-state index in [9.17, 15) is 4.39 Å². The molecule has 0 aliphatic carbocycles. The molecule has 94 valence electrons. The summed E-state index contributed by atoms with van der Waals surface area (Å²) in [5.74, 6) is 5.95. The molecule has 0 unspecified atom stereocenters. The van der Waals surface area contributed by atoms with Gasteiger partial charge in [-0.3, -0.25) is 0 Å². The summed E-state index contributed by atoms with van der Waals surface area (Å²) >= 11 is 6.58. The van der Waals surface area contributed by atoms with E-state index in [0.29, 0.717) is 26.3 Å². The van der Waals surface area contributed by atoms with Crippen molar-refractivity contribution in [2.24, 2.45) is 5.84 Å². The highest BCUT2D eigenvalue weighted by Crippen LogP contribution is 2.31. The number of nitrogens with two attached hydrogens (primary N) is 1. The van der Waals surface area contributed by atoms with Crippen LogP contribution in [0.1, 0.15) is 0 Å². The predicted octanol–water partition coefficient (Wildman–Crippen LogP) is 3.17. The van der Waals surface area contributed by atoms with Crippen LogP contribution in [0.2, 0.25) is 0 Å². The van der Waals surface area contributed by atoms with E-state index >= 15 is 0 Å². The van der Waals surface area contributed by atoms with E-state index in [1.165, 1.54) is 18.5 Å². The van der Waals surface area contributed by atoms with Gasteiger partial charge in [0.25, 0.3) is 0 Å². The van der Waals surface area contributed by atoms with E-state index in [1.54, 1.807) is 6.07 Å². The van der Waals surface area contributed by atoms with Gasteiger partial charge in [0, 0.05) is 4.47 Å². The van der Waals surface area contributed by atoms with Crippen LogP contribution in [0, 0.1) is 5.82 Å². The van der Waals surface area contributed by atoms with Crippen molar-refractivity contribution in [1.82, 2.24) is 9.97 Å². The van der Waals surface area contributed by atoms with Gasteiger partial charge in [0.15, 0.2) is 5.82 Å². The molecule has 2 aromatic rings. The topological polar surface area (TPSA) is 75.9 Å². The largest absolute Gasteiger partial charge is 0.338 e. The Hall–Kier alpha value is -1.25. The van der Waals surface area contributed by atoms with Crippen LogP contribution in [-0.2, 0) is 0 Å². The zero-order chi connectivity index (χ0) is 13.1. The van der Waals surface area contributed by atoms with Crippen LogP contribution < -0.4 is 16.6 Å². The van der Waals surface area contributed by atoms with E-state index in [1.807, 2.05) is 0 Å². The molecule has 0 saturated carbocycles. The summed E-state index contributed by atoms with van der Waals surface area (Å²) in [6, 6.07) is 4.31. The van der Waals surface area contributed by atoms with E-state index in [-0.39, 0.29) is 5.82 Å². The molecule has 0 bridgehead atoms. The maximum Gasteiger partial charge on any atom is 0.159 e. The molecule has 0 radical (unpaired) electrons. The molecule has 4 N–H and O–H groups in total. The van der Waals surface area contributed by atoms with Gasteiger partial charge in [-0.25, -0.2) is 20.2 Å². The zero-order valence-electron chi connectivity index (χ0n) is 8.92. The quantitative estimate of drug-likeness (QED) is 0.566. The van der Waals surface area contributed by atoms with Gasteiger partial charge in [-0.05, 0) is 50.1 Å². The molecule has 1 heterocycles. The van der Waals surface area contributed by atoms with Crippen molar-refractivity contribution in [3.05, 3.63) is 39.3 Å². The molecule has 0 spiro atoms. The molecule has 2 rings (SSSR count). The van der Waals surface area contributed by atoms with Crippen molar-refractivity contribution < 1.29 is 4.39 Å². The maximum absolute atomic E-state index is 13.0. The number of aromatic nitrogens is 2. The highest BCUT2D eigenvalue weighted by molar-refractivity contribution is 9.11. The molecule has 8 heteroatoms. The summed E-state index contributed by atoms with van der Waals surface area (Å²) in [5, 5.41) is 3.04. The molecule has 0 fully saturated rings. The number of hydrogen-bond acceptors (Lipinski definition) is 5. The number of hydrogen-bond donors (Lipinski definition) is 3. The lowest BCUT2D eigenvalue weighted by Crippen LogP contribution is -2.10. The average molecular weight is 377 g/mol. The summed E-state index contributed by atoms with van der Waals surface area (Å²) in [7, 11) is 0. The van der Waals surface area contributed by atoms with Crippen LogP contribution in [-0.4, -0.2) is 9.97 Å². The highest BCUT2D eigenvalue weighted by Gasteiger charge is 2.09. The summed E-state index contributed by atoms with van der Waals surface area (Å²) in [4.78, 5) is 8.00. The summed E-state index contributed by atoms with van der Waals surface area (Å²) in [6.07, 6.45) is 1.36. The average Bonchev–Trinajstić information content (AvgIpc) is 2.35. The zero-order valence-corrected chi connectivity index (χ0v) is 12.1. The second kappa shape index (κ2) is 5.59. The van der Waals surface area contributed by atoms with Crippen LogP contribution in [0.25, 0.3) is 0 Å². The van der Waals surface area contributed by atoms with Crippen LogP contribution in [0.3, 0.4) is 0 Å². The van der Waals surface area contributed by atoms with E-state index < -0.39 is 0 Å². The minimum Gasteiger partial charge on any atom is -0.338 e. The molecule has 1 aromatic carbocycles. The Kier molecular flexibility index (Phi) is 4.10. The SMILES string of the molecule is NNc1ncnc(Nc2ccc(F)cc2Br)c1Br. The number of rotatable bonds is 3. The van der Waals surface area contributed by atoms with Gasteiger partial charge in [0.05, 0.1) is 5.69 Å². The number of benzene rings is 1. The number of nitrogens with one attached hydrogen (secondary N) is 2. The molecule has 5 nitrogen and oxygen atoms in total. The monoisotopic (exact) mass is 375 g/mol. The number of nitrogens with zero attached hydrogens (tertiary/aromatic N) is 2. The molecule has 0 aliphatic heterocycles. The fourth-order valence-corrected chi connectivity index (χ4v) is 2.14. The molecule has 18 heavy (non-hydrogen) atoms. The first kappa shape index (κ1) is 13.2. The first-order chi connectivity index (χ1) is 8.61. The van der Waals surface area contributed by atoms with Crippen LogP contribution in [0.15, 0.2) is 33.5 Å². The first-order valence-corrected chi connectivity index (χ1v) is 6.39. The summed E-state index contributed by atoms with van der Waals surface area (Å²) in [5.41, 5.74) is 3.11. The lowest BCUT2D eigenvalue weighted by molar-refractivity contribution is 0.627. The third-order valence-corrected chi connectivity index (χ3v) is 3.52. The van der Waals surface area contributed by atoms with Gasteiger partial charge in [-0.2, -0.15) is 0 Å². The Morgan fingerprint density at radius 3 is 2.56 bits per heavy atom. The van der Waals surface area contributed by atoms with Crippen molar-refractivity contribution in [1.29, 1.82) is 0 Å². The summed E-state index contributed by atoms with van der Waals surface area (Å²) in [6.45, 7) is 0. The molecule has 0 saturated heterocycles. The van der Waals surface area contributed by atoms with Gasteiger partial charge in [-0.1, -0.05) is 0 Å². The van der Waals surface area contributed by atoms with E-state index in [2.05, 4.69) is 52.6 Å². The fourth-order valence-electron chi connectivity index (χ4n) is 1.28. The Balaban J connectivity index is 2.34. The lowest BCUT2D eigenvalue weighted by Gasteiger charge is -2.11. The van der Waals surface area contributed by atoms with Crippen LogP contribution in [0.4, 0.5) is 21.7 Å². The van der Waals surface area contributed by atoms with Crippen molar-refractivity contribution in [2.75, 3.05) is 10.7 Å². The Bertz CT molecular complexity index is 578. The van der Waals surface area contributed by atoms with Crippen LogP contribution in [0.5, 0.6) is 0 Å². The number of nitrogen functional groups attached to an aromatic ring is 1. The van der Waals surface area contributed by atoms with Crippen molar-refractivity contribution in [3.63, 3.8) is 0 Å². The lowest BCUT2D eigenvalue weighted by atomic mass is 10.3. The normalized spacial score (nSPS) is 10.2. The molecule has 0 amide bonds. The third kappa shape index (κ3) is 2.77. The predicted molar refractivity (Wildman–Crippen MR) is 74.9 cm³/mol. The third-order valence-electron chi connectivity index (χ3n) is 2.11.